The lowest BCUT2D eigenvalue weighted by Crippen LogP contribution is -2.02. The van der Waals surface area contributed by atoms with Gasteiger partial charge in [0.1, 0.15) is 11.5 Å². The lowest BCUT2D eigenvalue weighted by Gasteiger charge is -2.05. The highest BCUT2D eigenvalue weighted by atomic mass is 35.5. The Bertz CT molecular complexity index is 749. The average Bonchev–Trinajstić information content (AvgIpc) is 2.87. The molecule has 2 heterocycles. The molecule has 0 saturated carbocycles. The minimum Gasteiger partial charge on any atom is -0.461 e. The summed E-state index contributed by atoms with van der Waals surface area (Å²) in [6.07, 6.45) is 1.81. The molecule has 102 valence electrons. The van der Waals surface area contributed by atoms with Crippen LogP contribution in [-0.4, -0.2) is 16.2 Å². The topological polar surface area (TPSA) is 46.3 Å². The molecule has 0 radical (unpaired) electrons. The summed E-state index contributed by atoms with van der Waals surface area (Å²) in [5, 5.41) is 11.0. The quantitative estimate of drug-likeness (QED) is 0.790. The van der Waals surface area contributed by atoms with Crippen molar-refractivity contribution in [1.29, 1.82) is 0 Å². The van der Waals surface area contributed by atoms with Gasteiger partial charge in [0.15, 0.2) is 0 Å². The van der Waals surface area contributed by atoms with Crippen molar-refractivity contribution in [3.8, 4) is 11.3 Å². The summed E-state index contributed by atoms with van der Waals surface area (Å²) < 4.78 is 5.79. The third-order valence-electron chi connectivity index (χ3n) is 3.14. The van der Waals surface area contributed by atoms with Crippen LogP contribution in [0, 0.1) is 0 Å². The molecule has 0 bridgehead atoms. The standard InChI is InChI=1S/C16H14ClNO2/c1-10(19)9-11-4-7-15(20-11)13-5-6-14(17)12-3-2-8-18-16(12)13/h2-8,10,19H,9H2,1H3. The number of aliphatic hydroxyl groups excluding tert-OH is 1. The van der Waals surface area contributed by atoms with Crippen LogP contribution in [0.1, 0.15) is 12.7 Å². The third kappa shape index (κ3) is 2.42. The maximum Gasteiger partial charge on any atom is 0.136 e. The van der Waals surface area contributed by atoms with Crippen molar-refractivity contribution < 1.29 is 9.52 Å². The maximum absolute atomic E-state index is 9.40. The van der Waals surface area contributed by atoms with Crippen molar-refractivity contribution in [1.82, 2.24) is 4.98 Å². The van der Waals surface area contributed by atoms with E-state index in [0.717, 1.165) is 28.0 Å². The van der Waals surface area contributed by atoms with E-state index in [9.17, 15) is 5.11 Å². The van der Waals surface area contributed by atoms with Crippen molar-refractivity contribution in [2.45, 2.75) is 19.4 Å². The van der Waals surface area contributed by atoms with Gasteiger partial charge in [-0.2, -0.15) is 0 Å². The Morgan fingerprint density at radius 3 is 2.90 bits per heavy atom. The predicted octanol–water partition coefficient (Wildman–Crippen LogP) is 4.07. The van der Waals surface area contributed by atoms with E-state index in [2.05, 4.69) is 4.98 Å². The molecule has 2 aromatic heterocycles. The van der Waals surface area contributed by atoms with Crippen LogP contribution in [0.4, 0.5) is 0 Å². The maximum atomic E-state index is 9.40. The highest BCUT2D eigenvalue weighted by Crippen LogP contribution is 2.32. The van der Waals surface area contributed by atoms with Gasteiger partial charge >= 0.3 is 0 Å². The monoisotopic (exact) mass is 287 g/mol. The summed E-state index contributed by atoms with van der Waals surface area (Å²) in [7, 11) is 0. The number of furan rings is 1. The molecule has 3 rings (SSSR count). The molecule has 0 amide bonds. The van der Waals surface area contributed by atoms with E-state index in [1.165, 1.54) is 0 Å². The van der Waals surface area contributed by atoms with Crippen LogP contribution in [0.5, 0.6) is 0 Å². The van der Waals surface area contributed by atoms with Gasteiger partial charge < -0.3 is 9.52 Å². The second-order valence-electron chi connectivity index (χ2n) is 4.81. The fourth-order valence-electron chi connectivity index (χ4n) is 2.26. The number of aliphatic hydroxyl groups is 1. The fraction of sp³-hybridized carbons (Fsp3) is 0.188. The molecule has 1 aromatic carbocycles. The molecule has 1 N–H and O–H groups in total. The third-order valence-corrected chi connectivity index (χ3v) is 3.47. The van der Waals surface area contributed by atoms with Crippen LogP contribution >= 0.6 is 11.6 Å². The minimum absolute atomic E-state index is 0.422. The van der Waals surface area contributed by atoms with Crippen LogP contribution < -0.4 is 0 Å². The van der Waals surface area contributed by atoms with Gasteiger partial charge in [-0.15, -0.1) is 0 Å². The van der Waals surface area contributed by atoms with Crippen LogP contribution in [0.2, 0.25) is 5.02 Å². The number of pyridine rings is 1. The normalized spacial score (nSPS) is 12.8. The van der Waals surface area contributed by atoms with Gasteiger partial charge in [-0.05, 0) is 43.3 Å². The first-order valence-corrected chi connectivity index (χ1v) is 6.83. The molecule has 0 fully saturated rings. The Kier molecular flexibility index (Phi) is 3.47. The van der Waals surface area contributed by atoms with E-state index in [-0.39, 0.29) is 0 Å². The van der Waals surface area contributed by atoms with Crippen LogP contribution in [-0.2, 0) is 6.42 Å². The summed E-state index contributed by atoms with van der Waals surface area (Å²) in [6, 6.07) is 11.3. The molecule has 1 unspecified atom stereocenters. The molecule has 3 aromatic rings. The van der Waals surface area contributed by atoms with Crippen LogP contribution in [0.3, 0.4) is 0 Å². The Morgan fingerprint density at radius 2 is 2.10 bits per heavy atom. The Balaban J connectivity index is 2.10. The molecule has 1 atom stereocenters. The summed E-state index contributed by atoms with van der Waals surface area (Å²) >= 11 is 6.19. The van der Waals surface area contributed by atoms with Gasteiger partial charge in [0, 0.05) is 23.6 Å². The van der Waals surface area contributed by atoms with E-state index in [1.807, 2.05) is 36.4 Å². The molecule has 0 spiro atoms. The highest BCUT2D eigenvalue weighted by Gasteiger charge is 2.12. The number of nitrogens with zero attached hydrogens (tertiary/aromatic N) is 1. The molecular formula is C16H14ClNO2. The van der Waals surface area contributed by atoms with E-state index in [1.54, 1.807) is 13.1 Å². The van der Waals surface area contributed by atoms with Gasteiger partial charge in [-0.3, -0.25) is 4.98 Å². The van der Waals surface area contributed by atoms with Crippen molar-refractivity contribution >= 4 is 22.5 Å². The zero-order valence-corrected chi connectivity index (χ0v) is 11.8. The number of rotatable bonds is 3. The van der Waals surface area contributed by atoms with Crippen molar-refractivity contribution in [2.24, 2.45) is 0 Å². The first-order valence-electron chi connectivity index (χ1n) is 6.45. The molecule has 0 aliphatic carbocycles. The van der Waals surface area contributed by atoms with Gasteiger partial charge in [-0.1, -0.05) is 11.6 Å². The lowest BCUT2D eigenvalue weighted by molar-refractivity contribution is 0.187. The highest BCUT2D eigenvalue weighted by molar-refractivity contribution is 6.35. The molecule has 4 heteroatoms. The van der Waals surface area contributed by atoms with Gasteiger partial charge in [0.2, 0.25) is 0 Å². The smallest absolute Gasteiger partial charge is 0.136 e. The molecule has 0 aliphatic heterocycles. The minimum atomic E-state index is -0.422. The Labute approximate surface area is 121 Å². The molecule has 0 aliphatic rings. The van der Waals surface area contributed by atoms with Gasteiger partial charge in [0.05, 0.1) is 16.6 Å². The zero-order chi connectivity index (χ0) is 14.1. The molecule has 3 nitrogen and oxygen atoms in total. The van der Waals surface area contributed by atoms with Crippen LogP contribution in [0.15, 0.2) is 47.0 Å². The summed E-state index contributed by atoms with van der Waals surface area (Å²) in [5.74, 6) is 1.50. The van der Waals surface area contributed by atoms with Crippen LogP contribution in [0.25, 0.3) is 22.2 Å². The number of hydrogen-bond donors (Lipinski definition) is 1. The number of fused-ring (bicyclic) bond motifs is 1. The van der Waals surface area contributed by atoms with Crippen molar-refractivity contribution in [3.05, 3.63) is 53.4 Å². The molecular weight excluding hydrogens is 274 g/mol. The predicted molar refractivity (Wildman–Crippen MR) is 79.8 cm³/mol. The van der Waals surface area contributed by atoms with Crippen molar-refractivity contribution in [2.75, 3.05) is 0 Å². The zero-order valence-electron chi connectivity index (χ0n) is 11.0. The van der Waals surface area contributed by atoms with Gasteiger partial charge in [0.25, 0.3) is 0 Å². The summed E-state index contributed by atoms with van der Waals surface area (Å²) in [4.78, 5) is 4.39. The Hall–Kier alpha value is -1.84. The summed E-state index contributed by atoms with van der Waals surface area (Å²) in [5.41, 5.74) is 1.72. The number of hydrogen-bond acceptors (Lipinski definition) is 3. The SMILES string of the molecule is CC(O)Cc1ccc(-c2ccc(Cl)c3cccnc23)o1. The fourth-order valence-corrected chi connectivity index (χ4v) is 2.48. The second-order valence-corrected chi connectivity index (χ2v) is 5.22. The average molecular weight is 288 g/mol. The molecule has 0 saturated heterocycles. The summed E-state index contributed by atoms with van der Waals surface area (Å²) in [6.45, 7) is 1.74. The molecule has 20 heavy (non-hydrogen) atoms. The Morgan fingerprint density at radius 1 is 1.25 bits per heavy atom. The first kappa shape index (κ1) is 13.2. The number of aromatic nitrogens is 1. The van der Waals surface area contributed by atoms with E-state index in [0.29, 0.717) is 11.4 Å². The lowest BCUT2D eigenvalue weighted by atomic mass is 10.1. The largest absolute Gasteiger partial charge is 0.461 e. The number of halogens is 1. The van der Waals surface area contributed by atoms with E-state index in [4.69, 9.17) is 16.0 Å². The second kappa shape index (κ2) is 5.27. The van der Waals surface area contributed by atoms with E-state index < -0.39 is 6.10 Å². The van der Waals surface area contributed by atoms with Gasteiger partial charge in [-0.25, -0.2) is 0 Å². The van der Waals surface area contributed by atoms with Crippen molar-refractivity contribution in [3.63, 3.8) is 0 Å². The first-order chi connectivity index (χ1) is 9.65. The van der Waals surface area contributed by atoms with E-state index >= 15 is 0 Å². The number of benzene rings is 1.